The summed E-state index contributed by atoms with van der Waals surface area (Å²) in [7, 11) is -4.32. The van der Waals surface area contributed by atoms with E-state index in [9.17, 15) is 22.4 Å². The van der Waals surface area contributed by atoms with Crippen molar-refractivity contribution in [1.29, 1.82) is 0 Å². The van der Waals surface area contributed by atoms with Crippen LogP contribution < -0.4 is 4.72 Å². The second-order valence-electron chi connectivity index (χ2n) is 5.54. The minimum atomic E-state index is -4.32. The molecule has 0 saturated heterocycles. The highest BCUT2D eigenvalue weighted by molar-refractivity contribution is 7.89. The first-order chi connectivity index (χ1) is 11.1. The van der Waals surface area contributed by atoms with E-state index in [0.29, 0.717) is 6.07 Å². The summed E-state index contributed by atoms with van der Waals surface area (Å²) in [5.74, 6) is -3.23. The van der Waals surface area contributed by atoms with Gasteiger partial charge in [0.1, 0.15) is 11.9 Å². The second-order valence-corrected chi connectivity index (χ2v) is 7.25. The van der Waals surface area contributed by atoms with Crippen molar-refractivity contribution in [3.8, 4) is 0 Å². The molecule has 7 nitrogen and oxygen atoms in total. The van der Waals surface area contributed by atoms with E-state index < -0.39 is 38.7 Å². The van der Waals surface area contributed by atoms with Gasteiger partial charge in [-0.3, -0.25) is 4.79 Å². The molecule has 9 heteroatoms. The highest BCUT2D eigenvalue weighted by Crippen LogP contribution is 2.17. The number of ether oxygens (including phenoxy) is 1. The SMILES string of the molecule is CCOC(=O)c1cc(F)cc(S(=O)(=O)NC(CC(C)C)C(=O)O)c1. The predicted molar refractivity (Wildman–Crippen MR) is 83.6 cm³/mol. The lowest BCUT2D eigenvalue weighted by Crippen LogP contribution is -2.41. The van der Waals surface area contributed by atoms with Crippen LogP contribution in [0.1, 0.15) is 37.6 Å². The summed E-state index contributed by atoms with van der Waals surface area (Å²) in [6.45, 7) is 5.08. The summed E-state index contributed by atoms with van der Waals surface area (Å²) in [6.07, 6.45) is 0.0641. The van der Waals surface area contributed by atoms with Crippen molar-refractivity contribution in [3.05, 3.63) is 29.6 Å². The molecule has 0 fully saturated rings. The molecular weight excluding hydrogens is 341 g/mol. The van der Waals surface area contributed by atoms with Crippen LogP contribution in [-0.2, 0) is 19.6 Å². The van der Waals surface area contributed by atoms with E-state index in [2.05, 4.69) is 0 Å². The number of rotatable bonds is 8. The Balaban J connectivity index is 3.17. The Bertz CT molecular complexity index is 717. The molecule has 0 aliphatic heterocycles. The molecule has 0 aromatic heterocycles. The van der Waals surface area contributed by atoms with Gasteiger partial charge in [-0.25, -0.2) is 17.6 Å². The predicted octanol–water partition coefficient (Wildman–Crippen LogP) is 1.78. The zero-order valence-electron chi connectivity index (χ0n) is 13.6. The fraction of sp³-hybridized carbons (Fsp3) is 0.467. The molecule has 0 aliphatic rings. The molecule has 1 aromatic rings. The number of halogens is 1. The van der Waals surface area contributed by atoms with E-state index in [1.807, 2.05) is 4.72 Å². The van der Waals surface area contributed by atoms with Crippen LogP contribution >= 0.6 is 0 Å². The Labute approximate surface area is 139 Å². The number of benzene rings is 1. The number of nitrogens with one attached hydrogen (secondary N) is 1. The Hall–Kier alpha value is -2.00. The van der Waals surface area contributed by atoms with Crippen LogP contribution in [0.2, 0.25) is 0 Å². The highest BCUT2D eigenvalue weighted by Gasteiger charge is 2.27. The molecule has 0 amide bonds. The van der Waals surface area contributed by atoms with E-state index in [0.717, 1.165) is 12.1 Å². The zero-order chi connectivity index (χ0) is 18.5. The van der Waals surface area contributed by atoms with Crippen molar-refractivity contribution >= 4 is 22.0 Å². The van der Waals surface area contributed by atoms with E-state index in [-0.39, 0.29) is 24.5 Å². The van der Waals surface area contributed by atoms with Gasteiger partial charge in [0.25, 0.3) is 0 Å². The van der Waals surface area contributed by atoms with Crippen LogP contribution in [0.4, 0.5) is 4.39 Å². The summed E-state index contributed by atoms with van der Waals surface area (Å²) >= 11 is 0. The number of carbonyl (C=O) groups excluding carboxylic acids is 1. The Morgan fingerprint density at radius 2 is 1.92 bits per heavy atom. The number of aliphatic carboxylic acids is 1. The van der Waals surface area contributed by atoms with Crippen molar-refractivity contribution in [2.45, 2.75) is 38.1 Å². The Morgan fingerprint density at radius 3 is 2.42 bits per heavy atom. The first-order valence-electron chi connectivity index (χ1n) is 7.29. The molecule has 0 spiro atoms. The van der Waals surface area contributed by atoms with Crippen LogP contribution in [0.5, 0.6) is 0 Å². The Kier molecular flexibility index (Phi) is 6.85. The largest absolute Gasteiger partial charge is 0.480 e. The second kappa shape index (κ2) is 8.20. The molecule has 1 atom stereocenters. The van der Waals surface area contributed by atoms with E-state index in [4.69, 9.17) is 9.84 Å². The molecule has 1 rings (SSSR count). The van der Waals surface area contributed by atoms with Gasteiger partial charge in [-0.05, 0) is 37.5 Å². The van der Waals surface area contributed by atoms with Crippen molar-refractivity contribution in [2.24, 2.45) is 5.92 Å². The maximum Gasteiger partial charge on any atom is 0.338 e. The smallest absolute Gasteiger partial charge is 0.338 e. The normalized spacial score (nSPS) is 12.9. The third-order valence-corrected chi connectivity index (χ3v) is 4.45. The van der Waals surface area contributed by atoms with Crippen molar-refractivity contribution < 1.29 is 32.2 Å². The van der Waals surface area contributed by atoms with E-state index >= 15 is 0 Å². The zero-order valence-corrected chi connectivity index (χ0v) is 14.4. The van der Waals surface area contributed by atoms with Crippen LogP contribution in [-0.4, -0.2) is 38.1 Å². The number of hydrogen-bond donors (Lipinski definition) is 2. The summed E-state index contributed by atoms with van der Waals surface area (Å²) in [4.78, 5) is 22.3. The molecular formula is C15H20FNO6S. The van der Waals surface area contributed by atoms with Gasteiger partial charge < -0.3 is 9.84 Å². The lowest BCUT2D eigenvalue weighted by molar-refractivity contribution is -0.139. The van der Waals surface area contributed by atoms with Crippen molar-refractivity contribution in [1.82, 2.24) is 4.72 Å². The number of carboxylic acids is 1. The van der Waals surface area contributed by atoms with Crippen LogP contribution in [0.15, 0.2) is 23.1 Å². The van der Waals surface area contributed by atoms with E-state index in [1.54, 1.807) is 20.8 Å². The quantitative estimate of drug-likeness (QED) is 0.683. The third kappa shape index (κ3) is 5.57. The number of hydrogen-bond acceptors (Lipinski definition) is 5. The van der Waals surface area contributed by atoms with Crippen LogP contribution in [0.3, 0.4) is 0 Å². The standard InChI is InChI=1S/C15H20FNO6S/c1-4-23-15(20)10-6-11(16)8-12(7-10)24(21,22)17-13(14(18)19)5-9(2)3/h6-9,13,17H,4-5H2,1-3H3,(H,18,19). The fourth-order valence-electron chi connectivity index (χ4n) is 1.98. The van der Waals surface area contributed by atoms with Gasteiger partial charge in [0.05, 0.1) is 17.1 Å². The molecule has 0 aliphatic carbocycles. The first-order valence-corrected chi connectivity index (χ1v) is 8.78. The number of carboxylic acid groups (broad SMARTS) is 1. The number of sulfonamides is 1. The minimum absolute atomic E-state index is 0.0468. The van der Waals surface area contributed by atoms with Gasteiger partial charge in [-0.1, -0.05) is 13.8 Å². The molecule has 0 heterocycles. The molecule has 0 saturated carbocycles. The first kappa shape index (κ1) is 20.0. The lowest BCUT2D eigenvalue weighted by Gasteiger charge is -2.17. The monoisotopic (exact) mass is 361 g/mol. The summed E-state index contributed by atoms with van der Waals surface area (Å²) < 4.78 is 45.0. The van der Waals surface area contributed by atoms with Gasteiger partial charge in [0.15, 0.2) is 0 Å². The number of carbonyl (C=O) groups is 2. The fourth-order valence-corrected chi connectivity index (χ4v) is 3.23. The number of esters is 1. The third-order valence-electron chi connectivity index (χ3n) is 3.00. The highest BCUT2D eigenvalue weighted by atomic mass is 32.2. The average molecular weight is 361 g/mol. The summed E-state index contributed by atoms with van der Waals surface area (Å²) in [5.41, 5.74) is -0.270. The van der Waals surface area contributed by atoms with Gasteiger partial charge in [0.2, 0.25) is 10.0 Å². The van der Waals surface area contributed by atoms with Crippen LogP contribution in [0.25, 0.3) is 0 Å². The van der Waals surface area contributed by atoms with Crippen molar-refractivity contribution in [3.63, 3.8) is 0 Å². The van der Waals surface area contributed by atoms with Crippen LogP contribution in [0, 0.1) is 11.7 Å². The maximum absolute atomic E-state index is 13.6. The molecule has 1 aromatic carbocycles. The lowest BCUT2D eigenvalue weighted by atomic mass is 10.1. The molecule has 0 radical (unpaired) electrons. The van der Waals surface area contributed by atoms with Crippen molar-refractivity contribution in [2.75, 3.05) is 6.61 Å². The van der Waals surface area contributed by atoms with Gasteiger partial charge >= 0.3 is 11.9 Å². The van der Waals surface area contributed by atoms with Gasteiger partial charge in [-0.2, -0.15) is 4.72 Å². The van der Waals surface area contributed by atoms with Gasteiger partial charge in [0, 0.05) is 0 Å². The summed E-state index contributed by atoms with van der Waals surface area (Å²) in [6, 6.07) is 1.14. The minimum Gasteiger partial charge on any atom is -0.480 e. The maximum atomic E-state index is 13.6. The molecule has 1 unspecified atom stereocenters. The molecule has 24 heavy (non-hydrogen) atoms. The Morgan fingerprint density at radius 1 is 1.29 bits per heavy atom. The molecule has 134 valence electrons. The summed E-state index contributed by atoms with van der Waals surface area (Å²) in [5, 5.41) is 9.12. The van der Waals surface area contributed by atoms with Gasteiger partial charge in [-0.15, -0.1) is 0 Å². The molecule has 0 bridgehead atoms. The average Bonchev–Trinajstić information content (AvgIpc) is 2.45. The van der Waals surface area contributed by atoms with E-state index in [1.165, 1.54) is 0 Å². The molecule has 2 N–H and O–H groups in total. The topological polar surface area (TPSA) is 110 Å².